The van der Waals surface area contributed by atoms with Crippen molar-refractivity contribution in [3.05, 3.63) is 0 Å². The van der Waals surface area contributed by atoms with Gasteiger partial charge < -0.3 is 24.0 Å². The van der Waals surface area contributed by atoms with Gasteiger partial charge in [0, 0.05) is 52.1 Å². The minimum atomic E-state index is -0.201. The van der Waals surface area contributed by atoms with Crippen LogP contribution in [0.4, 0.5) is 4.79 Å². The monoisotopic (exact) mass is 838 g/mol. The lowest BCUT2D eigenvalue weighted by Gasteiger charge is -2.27. The lowest BCUT2D eigenvalue weighted by atomic mass is 9.95. The molecular weight excluding hydrogens is 739 g/mol. The Morgan fingerprint density at radius 1 is 0.390 bits per heavy atom. The number of likely N-dealkylation sites (N-methyl/N-ethyl adjacent to an activating group) is 1. The average Bonchev–Trinajstić information content (AvgIpc) is 3.23. The van der Waals surface area contributed by atoms with E-state index in [2.05, 4.69) is 51.3 Å². The SMILES string of the molecule is CCCCCCCC(=O)OCCN(CCOC(=O)N(CCCCCC)CCCCCCCCCCC(=O)OCC(CCCCCC)CCCCCC)CCN(CC)CC. The third-order valence-electron chi connectivity index (χ3n) is 11.9. The molecule has 0 spiro atoms. The van der Waals surface area contributed by atoms with E-state index in [1.807, 2.05) is 4.90 Å². The third-order valence-corrected chi connectivity index (χ3v) is 11.9. The Bertz CT molecular complexity index is 920. The van der Waals surface area contributed by atoms with E-state index in [-0.39, 0.29) is 18.0 Å². The maximum absolute atomic E-state index is 13.3. The molecule has 1 amide bonds. The number of esters is 2. The Morgan fingerprint density at radius 3 is 1.27 bits per heavy atom. The number of carbonyl (C=O) groups excluding carboxylic acids is 3. The molecule has 0 saturated heterocycles. The van der Waals surface area contributed by atoms with Crippen molar-refractivity contribution >= 4 is 18.0 Å². The van der Waals surface area contributed by atoms with E-state index >= 15 is 0 Å². The maximum Gasteiger partial charge on any atom is 0.409 e. The summed E-state index contributed by atoms with van der Waals surface area (Å²) in [5.41, 5.74) is 0. The summed E-state index contributed by atoms with van der Waals surface area (Å²) < 4.78 is 17.2. The van der Waals surface area contributed by atoms with Crippen LogP contribution in [0.25, 0.3) is 0 Å². The van der Waals surface area contributed by atoms with Crippen LogP contribution >= 0.6 is 0 Å². The molecule has 0 aromatic heterocycles. The molecular formula is C50H99N3O6. The quantitative estimate of drug-likeness (QED) is 0.0340. The van der Waals surface area contributed by atoms with Crippen molar-refractivity contribution in [3.63, 3.8) is 0 Å². The summed E-state index contributed by atoms with van der Waals surface area (Å²) in [6.07, 6.45) is 32.4. The standard InChI is InChI=1S/C50H99N3O6/c1-7-13-17-25-30-36-48(54)57-44-42-52(41-40-51(11-5)12-6)43-45-58-50(56)53(38-32-20-16-10-4)39-33-27-24-22-21-23-26-31-37-49(55)59-46-47(34-28-18-14-8-2)35-29-19-15-9-3/h47H,7-46H2,1-6H3. The number of unbranched alkanes of at least 4 members (excludes halogenated alkanes) is 20. The fourth-order valence-electron chi connectivity index (χ4n) is 7.72. The van der Waals surface area contributed by atoms with Crippen molar-refractivity contribution < 1.29 is 28.6 Å². The van der Waals surface area contributed by atoms with Gasteiger partial charge in [-0.15, -0.1) is 0 Å². The van der Waals surface area contributed by atoms with E-state index in [4.69, 9.17) is 14.2 Å². The van der Waals surface area contributed by atoms with Gasteiger partial charge >= 0.3 is 18.0 Å². The largest absolute Gasteiger partial charge is 0.465 e. The molecule has 0 unspecified atom stereocenters. The lowest BCUT2D eigenvalue weighted by Crippen LogP contribution is -2.40. The highest BCUT2D eigenvalue weighted by atomic mass is 16.6. The van der Waals surface area contributed by atoms with Crippen LogP contribution in [-0.4, -0.2) is 105 Å². The van der Waals surface area contributed by atoms with Gasteiger partial charge in [-0.25, -0.2) is 4.79 Å². The zero-order chi connectivity index (χ0) is 43.4. The lowest BCUT2D eigenvalue weighted by molar-refractivity contribution is -0.145. The van der Waals surface area contributed by atoms with Crippen molar-refractivity contribution in [1.29, 1.82) is 0 Å². The van der Waals surface area contributed by atoms with Crippen molar-refractivity contribution in [3.8, 4) is 0 Å². The topological polar surface area (TPSA) is 88.6 Å². The van der Waals surface area contributed by atoms with Crippen LogP contribution in [0, 0.1) is 5.92 Å². The average molecular weight is 838 g/mol. The molecule has 0 aliphatic heterocycles. The molecule has 0 N–H and O–H groups in total. The van der Waals surface area contributed by atoms with Gasteiger partial charge in [-0.3, -0.25) is 14.5 Å². The molecule has 59 heavy (non-hydrogen) atoms. The predicted octanol–water partition coefficient (Wildman–Crippen LogP) is 13.2. The van der Waals surface area contributed by atoms with Gasteiger partial charge in [0.25, 0.3) is 0 Å². The number of amides is 1. The summed E-state index contributed by atoms with van der Waals surface area (Å²) in [6, 6.07) is 0. The Labute approximate surface area is 366 Å². The van der Waals surface area contributed by atoms with Gasteiger partial charge in [-0.1, -0.05) is 176 Å². The Balaban J connectivity index is 4.55. The maximum atomic E-state index is 13.3. The van der Waals surface area contributed by atoms with Crippen LogP contribution in [0.3, 0.4) is 0 Å². The van der Waals surface area contributed by atoms with Crippen LogP contribution in [0.1, 0.15) is 228 Å². The van der Waals surface area contributed by atoms with Crippen molar-refractivity contribution in [2.75, 3.05) is 72.2 Å². The summed E-state index contributed by atoms with van der Waals surface area (Å²) >= 11 is 0. The first-order valence-electron chi connectivity index (χ1n) is 25.5. The number of hydrogen-bond donors (Lipinski definition) is 0. The van der Waals surface area contributed by atoms with Gasteiger partial charge in [0.15, 0.2) is 0 Å². The molecule has 0 aromatic rings. The number of carbonyl (C=O) groups is 3. The number of ether oxygens (including phenoxy) is 3. The first-order chi connectivity index (χ1) is 28.8. The molecule has 0 aliphatic rings. The van der Waals surface area contributed by atoms with E-state index in [0.29, 0.717) is 51.7 Å². The van der Waals surface area contributed by atoms with E-state index in [0.717, 1.165) is 97.1 Å². The van der Waals surface area contributed by atoms with Gasteiger partial charge in [0.1, 0.15) is 13.2 Å². The Hall–Kier alpha value is -1.87. The summed E-state index contributed by atoms with van der Waals surface area (Å²) in [4.78, 5) is 44.7. The van der Waals surface area contributed by atoms with E-state index in [1.54, 1.807) is 0 Å². The van der Waals surface area contributed by atoms with Crippen molar-refractivity contribution in [2.24, 2.45) is 5.92 Å². The fraction of sp³-hybridized carbons (Fsp3) is 0.940. The van der Waals surface area contributed by atoms with E-state index in [9.17, 15) is 14.4 Å². The predicted molar refractivity (Wildman–Crippen MR) is 249 cm³/mol. The molecule has 0 fully saturated rings. The summed E-state index contributed by atoms with van der Waals surface area (Å²) in [7, 11) is 0. The molecule has 0 atom stereocenters. The van der Waals surface area contributed by atoms with Gasteiger partial charge in [0.05, 0.1) is 6.61 Å². The normalized spacial score (nSPS) is 11.5. The molecule has 0 bridgehead atoms. The zero-order valence-electron chi connectivity index (χ0n) is 40.2. The molecule has 0 heterocycles. The van der Waals surface area contributed by atoms with Crippen LogP contribution < -0.4 is 0 Å². The van der Waals surface area contributed by atoms with Gasteiger partial charge in [0.2, 0.25) is 0 Å². The van der Waals surface area contributed by atoms with Crippen LogP contribution in [-0.2, 0) is 23.8 Å². The van der Waals surface area contributed by atoms with Gasteiger partial charge in [-0.05, 0) is 57.5 Å². The first kappa shape index (κ1) is 57.1. The zero-order valence-corrected chi connectivity index (χ0v) is 40.2. The Kier molecular flexibility index (Phi) is 42.8. The smallest absolute Gasteiger partial charge is 0.409 e. The molecule has 9 heteroatoms. The molecule has 0 radical (unpaired) electrons. The van der Waals surface area contributed by atoms with E-state index < -0.39 is 0 Å². The summed E-state index contributed by atoms with van der Waals surface area (Å²) in [6.45, 7) is 21.1. The van der Waals surface area contributed by atoms with E-state index in [1.165, 1.54) is 116 Å². The first-order valence-corrected chi connectivity index (χ1v) is 25.5. The highest BCUT2D eigenvalue weighted by Gasteiger charge is 2.17. The fourth-order valence-corrected chi connectivity index (χ4v) is 7.72. The Morgan fingerprint density at radius 2 is 0.780 bits per heavy atom. The summed E-state index contributed by atoms with van der Waals surface area (Å²) in [5.74, 6) is 0.410. The van der Waals surface area contributed by atoms with Crippen LogP contribution in [0.15, 0.2) is 0 Å². The van der Waals surface area contributed by atoms with Crippen LogP contribution in [0.2, 0.25) is 0 Å². The molecule has 0 saturated carbocycles. The molecule has 0 aromatic carbocycles. The third kappa shape index (κ3) is 37.6. The minimum Gasteiger partial charge on any atom is -0.465 e. The van der Waals surface area contributed by atoms with Crippen molar-refractivity contribution in [2.45, 2.75) is 228 Å². The number of nitrogens with zero attached hydrogens (tertiary/aromatic N) is 3. The highest BCUT2D eigenvalue weighted by Crippen LogP contribution is 2.20. The molecule has 9 nitrogen and oxygen atoms in total. The highest BCUT2D eigenvalue weighted by molar-refractivity contribution is 5.69. The second kappa shape index (κ2) is 44.2. The van der Waals surface area contributed by atoms with Crippen molar-refractivity contribution in [1.82, 2.24) is 14.7 Å². The summed E-state index contributed by atoms with van der Waals surface area (Å²) in [5, 5.41) is 0. The number of rotatable bonds is 45. The minimum absolute atomic E-state index is 0.0103. The van der Waals surface area contributed by atoms with Crippen LogP contribution in [0.5, 0.6) is 0 Å². The van der Waals surface area contributed by atoms with Gasteiger partial charge in [-0.2, -0.15) is 0 Å². The second-order valence-corrected chi connectivity index (χ2v) is 17.2. The number of hydrogen-bond acceptors (Lipinski definition) is 8. The molecule has 350 valence electrons. The molecule has 0 rings (SSSR count). The molecule has 0 aliphatic carbocycles. The second-order valence-electron chi connectivity index (χ2n) is 17.2.